The lowest BCUT2D eigenvalue weighted by molar-refractivity contribution is -0.123. The molecule has 2 amide bonds. The Bertz CT molecular complexity index is 662. The van der Waals surface area contributed by atoms with Crippen molar-refractivity contribution in [2.75, 3.05) is 26.7 Å². The largest absolute Gasteiger partial charge is 0.494 e. The first-order chi connectivity index (χ1) is 15.0. The second-order valence-electron chi connectivity index (χ2n) is 8.60. The van der Waals surface area contributed by atoms with Gasteiger partial charge in [-0.15, -0.1) is 0 Å². The lowest BCUT2D eigenvalue weighted by atomic mass is 10.1. The first-order valence-corrected chi connectivity index (χ1v) is 12.1. The third kappa shape index (κ3) is 8.90. The van der Waals surface area contributed by atoms with Crippen LogP contribution in [0.1, 0.15) is 82.0 Å². The number of benzene rings is 1. The zero-order chi connectivity index (χ0) is 22.5. The van der Waals surface area contributed by atoms with Crippen molar-refractivity contribution in [3.05, 3.63) is 29.8 Å². The summed E-state index contributed by atoms with van der Waals surface area (Å²) in [6.07, 6.45) is 9.48. The zero-order valence-corrected chi connectivity index (χ0v) is 19.6. The monoisotopic (exact) mass is 431 g/mol. The van der Waals surface area contributed by atoms with Gasteiger partial charge in [0.25, 0.3) is 5.91 Å². The number of hydrogen-bond acceptors (Lipinski definition) is 4. The van der Waals surface area contributed by atoms with E-state index in [-0.39, 0.29) is 11.8 Å². The van der Waals surface area contributed by atoms with E-state index in [1.54, 1.807) is 12.1 Å². The summed E-state index contributed by atoms with van der Waals surface area (Å²) >= 11 is 0. The fourth-order valence-corrected chi connectivity index (χ4v) is 4.05. The van der Waals surface area contributed by atoms with E-state index in [4.69, 9.17) is 4.74 Å². The molecule has 2 atom stereocenters. The van der Waals surface area contributed by atoms with Crippen LogP contribution in [0.15, 0.2) is 24.3 Å². The Labute approximate surface area is 188 Å². The van der Waals surface area contributed by atoms with Crippen molar-refractivity contribution in [2.24, 2.45) is 0 Å². The Hall–Kier alpha value is -2.08. The quantitative estimate of drug-likeness (QED) is 0.434. The van der Waals surface area contributed by atoms with Crippen molar-refractivity contribution < 1.29 is 14.3 Å². The highest BCUT2D eigenvalue weighted by Crippen LogP contribution is 2.17. The minimum atomic E-state index is -0.506. The number of nitrogens with one attached hydrogen (secondary N) is 2. The Morgan fingerprint density at radius 1 is 1.13 bits per heavy atom. The third-order valence-corrected chi connectivity index (χ3v) is 6.03. The summed E-state index contributed by atoms with van der Waals surface area (Å²) in [4.78, 5) is 27.7. The maximum absolute atomic E-state index is 12.7. The number of unbranched alkanes of at least 4 members (excludes halogenated alkanes) is 3. The van der Waals surface area contributed by atoms with Crippen LogP contribution in [-0.2, 0) is 4.79 Å². The maximum Gasteiger partial charge on any atom is 0.251 e. The number of ether oxygens (including phenoxy) is 1. The Morgan fingerprint density at radius 2 is 1.90 bits per heavy atom. The van der Waals surface area contributed by atoms with E-state index >= 15 is 0 Å². The van der Waals surface area contributed by atoms with E-state index in [1.165, 1.54) is 32.1 Å². The molecular weight excluding hydrogens is 390 g/mol. The van der Waals surface area contributed by atoms with E-state index < -0.39 is 6.04 Å². The molecule has 2 rings (SSSR count). The number of rotatable bonds is 14. The molecule has 0 saturated carbocycles. The van der Waals surface area contributed by atoms with Gasteiger partial charge in [0.1, 0.15) is 11.8 Å². The molecule has 0 radical (unpaired) electrons. The first kappa shape index (κ1) is 25.2. The number of likely N-dealkylation sites (tertiary alicyclic amines) is 1. The van der Waals surface area contributed by atoms with Gasteiger partial charge in [0.15, 0.2) is 0 Å². The number of carbonyl (C=O) groups excluding carboxylic acids is 2. The van der Waals surface area contributed by atoms with Crippen molar-refractivity contribution >= 4 is 11.8 Å². The molecule has 6 nitrogen and oxygen atoms in total. The van der Waals surface area contributed by atoms with Gasteiger partial charge in [-0.2, -0.15) is 0 Å². The highest BCUT2D eigenvalue weighted by Gasteiger charge is 2.23. The highest BCUT2D eigenvalue weighted by molar-refractivity contribution is 5.97. The van der Waals surface area contributed by atoms with Crippen LogP contribution in [0.5, 0.6) is 5.75 Å². The standard InChI is InChI=1S/C25H41N3O3/c1-4-6-7-8-19-31-22-14-12-20(13-15-22)24(29)27-23(10-5-2)25(30)26-17-16-21-11-9-18-28(21)3/h12-15,21,23H,4-11,16-19H2,1-3H3,(H,26,30)(H,27,29)/t21?,23-/m0/s1. The van der Waals surface area contributed by atoms with Crippen molar-refractivity contribution in [3.8, 4) is 5.75 Å². The molecule has 0 bridgehead atoms. The highest BCUT2D eigenvalue weighted by atomic mass is 16.5. The summed E-state index contributed by atoms with van der Waals surface area (Å²) in [5.41, 5.74) is 0.541. The number of carbonyl (C=O) groups is 2. The minimum absolute atomic E-state index is 0.0946. The first-order valence-electron chi connectivity index (χ1n) is 12.1. The molecule has 2 N–H and O–H groups in total. The lowest BCUT2D eigenvalue weighted by Crippen LogP contribution is -2.47. The van der Waals surface area contributed by atoms with Gasteiger partial charge in [0.05, 0.1) is 6.61 Å². The van der Waals surface area contributed by atoms with E-state index in [2.05, 4.69) is 29.5 Å². The molecule has 31 heavy (non-hydrogen) atoms. The third-order valence-electron chi connectivity index (χ3n) is 6.03. The molecule has 1 heterocycles. The van der Waals surface area contributed by atoms with E-state index in [0.717, 1.165) is 31.6 Å². The van der Waals surface area contributed by atoms with Gasteiger partial charge in [-0.25, -0.2) is 0 Å². The molecule has 1 aliphatic heterocycles. The second-order valence-corrected chi connectivity index (χ2v) is 8.60. The van der Waals surface area contributed by atoms with Gasteiger partial charge in [-0.1, -0.05) is 39.5 Å². The Morgan fingerprint density at radius 3 is 2.55 bits per heavy atom. The number of nitrogens with zero attached hydrogens (tertiary/aromatic N) is 1. The Balaban J connectivity index is 1.78. The molecule has 1 aliphatic rings. The predicted octanol–water partition coefficient (Wildman–Crippen LogP) is 4.14. The Kier molecular flexibility index (Phi) is 11.4. The van der Waals surface area contributed by atoms with Crippen LogP contribution in [-0.4, -0.2) is 55.5 Å². The van der Waals surface area contributed by atoms with E-state index in [9.17, 15) is 9.59 Å². The maximum atomic E-state index is 12.7. The molecule has 1 aromatic carbocycles. The molecule has 1 aromatic rings. The minimum Gasteiger partial charge on any atom is -0.494 e. The molecule has 1 unspecified atom stereocenters. The molecule has 6 heteroatoms. The van der Waals surface area contributed by atoms with Crippen molar-refractivity contribution in [1.82, 2.24) is 15.5 Å². The van der Waals surface area contributed by atoms with Gasteiger partial charge in [-0.3, -0.25) is 9.59 Å². The van der Waals surface area contributed by atoms with Crippen molar-refractivity contribution in [2.45, 2.75) is 83.7 Å². The van der Waals surface area contributed by atoms with Crippen LogP contribution in [0, 0.1) is 0 Å². The SMILES string of the molecule is CCCCCCOc1ccc(C(=O)N[C@@H](CCC)C(=O)NCCC2CCCN2C)cc1. The van der Waals surface area contributed by atoms with Crippen molar-refractivity contribution in [3.63, 3.8) is 0 Å². The molecule has 0 aromatic heterocycles. The normalized spacial score (nSPS) is 17.3. The zero-order valence-electron chi connectivity index (χ0n) is 19.6. The topological polar surface area (TPSA) is 70.7 Å². The molecule has 174 valence electrons. The van der Waals surface area contributed by atoms with Gasteiger partial charge in [0.2, 0.25) is 5.91 Å². The molecule has 1 fully saturated rings. The molecular formula is C25H41N3O3. The van der Waals surface area contributed by atoms with Gasteiger partial charge < -0.3 is 20.3 Å². The van der Waals surface area contributed by atoms with Gasteiger partial charge in [-0.05, 0) is 70.0 Å². The second kappa shape index (κ2) is 14.1. The van der Waals surface area contributed by atoms with Crippen LogP contribution >= 0.6 is 0 Å². The van der Waals surface area contributed by atoms with Crippen LogP contribution in [0.25, 0.3) is 0 Å². The summed E-state index contributed by atoms with van der Waals surface area (Å²) in [6, 6.07) is 7.20. The van der Waals surface area contributed by atoms with E-state index in [1.807, 2.05) is 19.1 Å². The average molecular weight is 432 g/mol. The van der Waals surface area contributed by atoms with E-state index in [0.29, 0.717) is 31.2 Å². The van der Waals surface area contributed by atoms with Gasteiger partial charge in [0, 0.05) is 18.2 Å². The fraction of sp³-hybridized carbons (Fsp3) is 0.680. The van der Waals surface area contributed by atoms with Crippen LogP contribution in [0.3, 0.4) is 0 Å². The summed E-state index contributed by atoms with van der Waals surface area (Å²) < 4.78 is 5.74. The summed E-state index contributed by atoms with van der Waals surface area (Å²) in [5.74, 6) is 0.453. The predicted molar refractivity (Wildman–Crippen MR) is 126 cm³/mol. The lowest BCUT2D eigenvalue weighted by Gasteiger charge is -2.21. The van der Waals surface area contributed by atoms with Crippen molar-refractivity contribution in [1.29, 1.82) is 0 Å². The summed E-state index contributed by atoms with van der Waals surface area (Å²) in [5, 5.41) is 5.92. The van der Waals surface area contributed by atoms with Crippen LogP contribution in [0.2, 0.25) is 0 Å². The van der Waals surface area contributed by atoms with Gasteiger partial charge >= 0.3 is 0 Å². The number of hydrogen-bond donors (Lipinski definition) is 2. The molecule has 0 aliphatic carbocycles. The fourth-order valence-electron chi connectivity index (χ4n) is 4.05. The number of amides is 2. The van der Waals surface area contributed by atoms with Crippen LogP contribution < -0.4 is 15.4 Å². The summed E-state index contributed by atoms with van der Waals surface area (Å²) in [6.45, 7) is 6.69. The summed E-state index contributed by atoms with van der Waals surface area (Å²) in [7, 11) is 2.14. The molecule has 0 spiro atoms. The smallest absolute Gasteiger partial charge is 0.251 e. The van der Waals surface area contributed by atoms with Crippen LogP contribution in [0.4, 0.5) is 0 Å². The average Bonchev–Trinajstić information content (AvgIpc) is 3.18. The molecule has 1 saturated heterocycles.